The first kappa shape index (κ1) is 19.0. The van der Waals surface area contributed by atoms with E-state index >= 15 is 0 Å². The van der Waals surface area contributed by atoms with Gasteiger partial charge in [0.1, 0.15) is 6.04 Å². The molecule has 6 nitrogen and oxygen atoms in total. The summed E-state index contributed by atoms with van der Waals surface area (Å²) in [6.07, 6.45) is 7.91. The van der Waals surface area contributed by atoms with Gasteiger partial charge >= 0.3 is 0 Å². The highest BCUT2D eigenvalue weighted by molar-refractivity contribution is 5.90. The number of carbonyl (C=O) groups excluding carboxylic acids is 2. The number of H-pyrrole nitrogens is 1. The summed E-state index contributed by atoms with van der Waals surface area (Å²) in [5.74, 6) is -0.0648. The molecule has 150 valence electrons. The van der Waals surface area contributed by atoms with Crippen LogP contribution in [0.2, 0.25) is 0 Å². The van der Waals surface area contributed by atoms with E-state index in [9.17, 15) is 9.59 Å². The lowest BCUT2D eigenvalue weighted by molar-refractivity contribution is -0.136. The zero-order valence-electron chi connectivity index (χ0n) is 16.3. The number of para-hydroxylation sites is 1. The molecular formula is C22H29N3O3. The first-order valence-corrected chi connectivity index (χ1v) is 10.5. The molecule has 0 saturated carbocycles. The zero-order valence-corrected chi connectivity index (χ0v) is 16.3. The van der Waals surface area contributed by atoms with Crippen molar-refractivity contribution in [2.75, 3.05) is 19.7 Å². The van der Waals surface area contributed by atoms with Crippen LogP contribution >= 0.6 is 0 Å². The van der Waals surface area contributed by atoms with Crippen LogP contribution in [-0.4, -0.2) is 53.5 Å². The summed E-state index contributed by atoms with van der Waals surface area (Å²) in [5, 5.41) is 4.12. The molecule has 2 fully saturated rings. The van der Waals surface area contributed by atoms with Crippen LogP contribution in [0.25, 0.3) is 10.9 Å². The van der Waals surface area contributed by atoms with E-state index < -0.39 is 6.04 Å². The van der Waals surface area contributed by atoms with Gasteiger partial charge in [-0.2, -0.15) is 0 Å². The lowest BCUT2D eigenvalue weighted by Crippen LogP contribution is -2.49. The molecule has 2 saturated heterocycles. The van der Waals surface area contributed by atoms with Crippen LogP contribution in [0.4, 0.5) is 0 Å². The predicted octanol–water partition coefficient (Wildman–Crippen LogP) is 2.78. The van der Waals surface area contributed by atoms with Gasteiger partial charge in [0.25, 0.3) is 0 Å². The number of nitrogens with one attached hydrogen (secondary N) is 2. The van der Waals surface area contributed by atoms with Gasteiger partial charge in [0.05, 0.1) is 12.5 Å². The maximum atomic E-state index is 13.1. The monoisotopic (exact) mass is 383 g/mol. The molecule has 2 aliphatic heterocycles. The zero-order chi connectivity index (χ0) is 19.3. The average molecular weight is 383 g/mol. The topological polar surface area (TPSA) is 74.4 Å². The highest BCUT2D eigenvalue weighted by Gasteiger charge is 2.29. The van der Waals surface area contributed by atoms with Crippen LogP contribution in [-0.2, 0) is 20.7 Å². The van der Waals surface area contributed by atoms with Crippen LogP contribution in [0.5, 0.6) is 0 Å². The molecule has 3 heterocycles. The fraction of sp³-hybridized carbons (Fsp3) is 0.545. The summed E-state index contributed by atoms with van der Waals surface area (Å²) in [7, 11) is 0. The van der Waals surface area contributed by atoms with Crippen molar-refractivity contribution in [2.45, 2.75) is 57.1 Å². The number of hydrogen-bond acceptors (Lipinski definition) is 3. The number of amides is 2. The van der Waals surface area contributed by atoms with Crippen molar-refractivity contribution in [1.82, 2.24) is 15.2 Å². The number of nitrogens with zero attached hydrogens (tertiary/aromatic N) is 1. The van der Waals surface area contributed by atoms with Crippen molar-refractivity contribution in [3.63, 3.8) is 0 Å². The minimum Gasteiger partial charge on any atom is -0.378 e. The summed E-state index contributed by atoms with van der Waals surface area (Å²) in [4.78, 5) is 30.9. The van der Waals surface area contributed by atoms with Gasteiger partial charge < -0.3 is 19.9 Å². The van der Waals surface area contributed by atoms with E-state index in [1.54, 1.807) is 0 Å². The van der Waals surface area contributed by atoms with Crippen LogP contribution in [0.15, 0.2) is 30.5 Å². The third-order valence-electron chi connectivity index (χ3n) is 5.84. The second-order valence-electron chi connectivity index (χ2n) is 7.91. The van der Waals surface area contributed by atoms with Crippen LogP contribution < -0.4 is 5.32 Å². The van der Waals surface area contributed by atoms with E-state index in [1.807, 2.05) is 29.3 Å². The standard InChI is InChI=1S/C22H29N3O3/c26-21(14-17-7-3-6-12-28-17)24-20(22(27)25-10-4-5-11-25)13-16-15-23-19-9-2-1-8-18(16)19/h1-2,8-9,15,17,20,23H,3-7,10-14H2,(H,24,26). The van der Waals surface area contributed by atoms with Gasteiger partial charge in [-0.1, -0.05) is 18.2 Å². The minimum atomic E-state index is -0.534. The van der Waals surface area contributed by atoms with E-state index in [0.29, 0.717) is 12.8 Å². The van der Waals surface area contributed by atoms with E-state index in [-0.39, 0.29) is 17.9 Å². The fourth-order valence-electron chi connectivity index (χ4n) is 4.31. The number of hydrogen-bond donors (Lipinski definition) is 2. The molecule has 1 aromatic heterocycles. The second kappa shape index (κ2) is 8.78. The Balaban J connectivity index is 1.48. The molecule has 2 aliphatic rings. The van der Waals surface area contributed by atoms with E-state index in [1.165, 1.54) is 0 Å². The fourth-order valence-corrected chi connectivity index (χ4v) is 4.31. The summed E-state index contributed by atoms with van der Waals surface area (Å²) >= 11 is 0. The number of ether oxygens (including phenoxy) is 1. The van der Waals surface area contributed by atoms with E-state index in [2.05, 4.69) is 16.4 Å². The predicted molar refractivity (Wildman–Crippen MR) is 108 cm³/mol. The van der Waals surface area contributed by atoms with Crippen molar-refractivity contribution in [1.29, 1.82) is 0 Å². The normalized spacial score (nSPS) is 21.0. The van der Waals surface area contributed by atoms with Gasteiger partial charge in [-0.05, 0) is 43.7 Å². The van der Waals surface area contributed by atoms with Gasteiger partial charge in [0.2, 0.25) is 11.8 Å². The van der Waals surface area contributed by atoms with Crippen molar-refractivity contribution in [3.05, 3.63) is 36.0 Å². The molecule has 2 amide bonds. The Morgan fingerprint density at radius 2 is 2.00 bits per heavy atom. The second-order valence-corrected chi connectivity index (χ2v) is 7.91. The SMILES string of the molecule is O=C(CC1CCCCO1)NC(Cc1c[nH]c2ccccc12)C(=O)N1CCCC1. The number of carbonyl (C=O) groups is 2. The maximum Gasteiger partial charge on any atom is 0.245 e. The highest BCUT2D eigenvalue weighted by Crippen LogP contribution is 2.21. The van der Waals surface area contributed by atoms with Crippen LogP contribution in [0.1, 0.15) is 44.1 Å². The molecule has 0 spiro atoms. The first-order valence-electron chi connectivity index (χ1n) is 10.5. The molecule has 2 unspecified atom stereocenters. The largest absolute Gasteiger partial charge is 0.378 e. The molecule has 2 aromatic rings. The Labute approximate surface area is 165 Å². The van der Waals surface area contributed by atoms with Crippen molar-refractivity contribution in [2.24, 2.45) is 0 Å². The number of aromatic nitrogens is 1. The van der Waals surface area contributed by atoms with Gasteiger partial charge in [-0.25, -0.2) is 0 Å². The molecule has 6 heteroatoms. The number of fused-ring (bicyclic) bond motifs is 1. The first-order chi connectivity index (χ1) is 13.7. The Morgan fingerprint density at radius 3 is 2.79 bits per heavy atom. The number of benzene rings is 1. The van der Waals surface area contributed by atoms with Crippen LogP contribution in [0, 0.1) is 0 Å². The summed E-state index contributed by atoms with van der Waals surface area (Å²) in [6.45, 7) is 2.29. The van der Waals surface area contributed by atoms with Gasteiger partial charge in [0.15, 0.2) is 0 Å². The number of likely N-dealkylation sites (tertiary alicyclic amines) is 1. The quantitative estimate of drug-likeness (QED) is 0.805. The third kappa shape index (κ3) is 4.38. The Kier molecular flexibility index (Phi) is 5.95. The lowest BCUT2D eigenvalue weighted by atomic mass is 10.0. The molecule has 0 aliphatic carbocycles. The van der Waals surface area contributed by atoms with Gasteiger partial charge in [-0.15, -0.1) is 0 Å². The molecule has 4 rings (SSSR count). The summed E-state index contributed by atoms with van der Waals surface area (Å²) < 4.78 is 5.69. The smallest absolute Gasteiger partial charge is 0.245 e. The molecule has 0 bridgehead atoms. The maximum absolute atomic E-state index is 13.1. The molecule has 2 atom stereocenters. The highest BCUT2D eigenvalue weighted by atomic mass is 16.5. The van der Waals surface area contributed by atoms with E-state index in [0.717, 1.165) is 68.3 Å². The Hall–Kier alpha value is -2.34. The van der Waals surface area contributed by atoms with Crippen molar-refractivity contribution >= 4 is 22.7 Å². The van der Waals surface area contributed by atoms with Crippen molar-refractivity contribution in [3.8, 4) is 0 Å². The van der Waals surface area contributed by atoms with E-state index in [4.69, 9.17) is 4.74 Å². The Bertz CT molecular complexity index is 819. The van der Waals surface area contributed by atoms with Crippen LogP contribution in [0.3, 0.4) is 0 Å². The minimum absolute atomic E-state index is 0.0237. The Morgan fingerprint density at radius 1 is 1.18 bits per heavy atom. The van der Waals surface area contributed by atoms with Crippen molar-refractivity contribution < 1.29 is 14.3 Å². The molecule has 2 N–H and O–H groups in total. The van der Waals surface area contributed by atoms with Gasteiger partial charge in [-0.3, -0.25) is 9.59 Å². The average Bonchev–Trinajstić information content (AvgIpc) is 3.38. The number of rotatable bonds is 6. The summed E-state index contributed by atoms with van der Waals surface area (Å²) in [5.41, 5.74) is 2.11. The molecular weight excluding hydrogens is 354 g/mol. The number of aromatic amines is 1. The molecule has 28 heavy (non-hydrogen) atoms. The molecule has 0 radical (unpaired) electrons. The summed E-state index contributed by atoms with van der Waals surface area (Å²) in [6, 6.07) is 7.52. The molecule has 1 aromatic carbocycles. The van der Waals surface area contributed by atoms with Gasteiger partial charge in [0, 0.05) is 43.2 Å². The lowest BCUT2D eigenvalue weighted by Gasteiger charge is -2.26. The third-order valence-corrected chi connectivity index (χ3v) is 5.84.